The lowest BCUT2D eigenvalue weighted by Gasteiger charge is -2.20. The van der Waals surface area contributed by atoms with E-state index in [0.29, 0.717) is 5.92 Å². The van der Waals surface area contributed by atoms with Gasteiger partial charge in [0.2, 0.25) is 0 Å². The average molecular weight is 186 g/mol. The molecule has 0 saturated heterocycles. The fourth-order valence-electron chi connectivity index (χ4n) is 2.05. The fraction of sp³-hybridized carbons (Fsp3) is 0.429. The van der Waals surface area contributed by atoms with Crippen LogP contribution >= 0.6 is 0 Å². The molecule has 0 heteroatoms. The molecule has 0 aromatic heterocycles. The molecule has 0 nitrogen and oxygen atoms in total. The quantitative estimate of drug-likeness (QED) is 0.580. The molecule has 0 aliphatic heterocycles. The summed E-state index contributed by atoms with van der Waals surface area (Å²) in [6.07, 6.45) is 7.36. The van der Waals surface area contributed by atoms with E-state index in [4.69, 9.17) is 0 Å². The van der Waals surface area contributed by atoms with Crippen LogP contribution in [0.15, 0.2) is 36.4 Å². The van der Waals surface area contributed by atoms with E-state index in [0.717, 1.165) is 5.92 Å². The molecule has 0 radical (unpaired) electrons. The highest BCUT2D eigenvalue weighted by Crippen LogP contribution is 2.29. The van der Waals surface area contributed by atoms with Gasteiger partial charge in [-0.25, -0.2) is 0 Å². The SMILES string of the molecule is Cc1ccc(C2C=CC(C)CC2)cc1. The first-order valence-electron chi connectivity index (χ1n) is 5.50. The predicted molar refractivity (Wildman–Crippen MR) is 61.5 cm³/mol. The van der Waals surface area contributed by atoms with Crippen molar-refractivity contribution in [2.45, 2.75) is 32.6 Å². The van der Waals surface area contributed by atoms with Gasteiger partial charge in [-0.3, -0.25) is 0 Å². The maximum atomic E-state index is 2.37. The van der Waals surface area contributed by atoms with E-state index in [9.17, 15) is 0 Å². The Morgan fingerprint density at radius 2 is 1.71 bits per heavy atom. The Morgan fingerprint density at radius 1 is 1.00 bits per heavy atom. The van der Waals surface area contributed by atoms with E-state index < -0.39 is 0 Å². The normalized spacial score (nSPS) is 26.4. The van der Waals surface area contributed by atoms with Crippen LogP contribution in [-0.2, 0) is 0 Å². The minimum Gasteiger partial charge on any atom is -0.0851 e. The van der Waals surface area contributed by atoms with Crippen LogP contribution in [0.3, 0.4) is 0 Å². The molecule has 0 saturated carbocycles. The number of rotatable bonds is 1. The van der Waals surface area contributed by atoms with Crippen molar-refractivity contribution < 1.29 is 0 Å². The topological polar surface area (TPSA) is 0 Å². The van der Waals surface area contributed by atoms with Crippen LogP contribution < -0.4 is 0 Å². The fourth-order valence-corrected chi connectivity index (χ4v) is 2.05. The van der Waals surface area contributed by atoms with E-state index in [1.807, 2.05) is 0 Å². The minimum atomic E-state index is 0.659. The maximum Gasteiger partial charge on any atom is 0.00182 e. The van der Waals surface area contributed by atoms with E-state index in [2.05, 4.69) is 50.3 Å². The van der Waals surface area contributed by atoms with Crippen LogP contribution in [0, 0.1) is 12.8 Å². The maximum absolute atomic E-state index is 2.37. The van der Waals surface area contributed by atoms with E-state index in [-0.39, 0.29) is 0 Å². The Hall–Kier alpha value is -1.04. The van der Waals surface area contributed by atoms with Gasteiger partial charge in [-0.15, -0.1) is 0 Å². The summed E-state index contributed by atoms with van der Waals surface area (Å²) in [5, 5.41) is 0. The highest BCUT2D eigenvalue weighted by molar-refractivity contribution is 5.28. The van der Waals surface area contributed by atoms with Crippen molar-refractivity contribution in [3.8, 4) is 0 Å². The third kappa shape index (κ3) is 2.06. The molecule has 0 spiro atoms. The molecule has 0 heterocycles. The van der Waals surface area contributed by atoms with Gasteiger partial charge < -0.3 is 0 Å². The summed E-state index contributed by atoms with van der Waals surface area (Å²) in [5.74, 6) is 1.43. The van der Waals surface area contributed by atoms with Crippen LogP contribution in [0.2, 0.25) is 0 Å². The third-order valence-corrected chi connectivity index (χ3v) is 3.11. The summed E-state index contributed by atoms with van der Waals surface area (Å²) < 4.78 is 0. The molecule has 0 amide bonds. The van der Waals surface area contributed by atoms with Crippen molar-refractivity contribution in [3.05, 3.63) is 47.5 Å². The Labute approximate surface area is 86.7 Å². The van der Waals surface area contributed by atoms with Gasteiger partial charge in [-0.2, -0.15) is 0 Å². The van der Waals surface area contributed by atoms with Crippen LogP contribution in [0.5, 0.6) is 0 Å². The zero-order chi connectivity index (χ0) is 9.97. The highest BCUT2D eigenvalue weighted by atomic mass is 14.2. The molecule has 2 unspecified atom stereocenters. The third-order valence-electron chi connectivity index (χ3n) is 3.11. The second kappa shape index (κ2) is 4.00. The van der Waals surface area contributed by atoms with Crippen LogP contribution in [-0.4, -0.2) is 0 Å². The largest absolute Gasteiger partial charge is 0.0851 e. The van der Waals surface area contributed by atoms with Crippen molar-refractivity contribution in [1.29, 1.82) is 0 Å². The second-order valence-electron chi connectivity index (χ2n) is 4.46. The van der Waals surface area contributed by atoms with E-state index in [1.54, 1.807) is 0 Å². The Kier molecular flexibility index (Phi) is 2.72. The molecule has 1 aromatic rings. The molecule has 14 heavy (non-hydrogen) atoms. The summed E-state index contributed by atoms with van der Waals surface area (Å²) in [6, 6.07) is 8.95. The van der Waals surface area contributed by atoms with Gasteiger partial charge in [0.15, 0.2) is 0 Å². The standard InChI is InChI=1S/C14H18/c1-11-3-7-13(8-4-11)14-9-5-12(2)6-10-14/h3-5,7-9,12,14H,6,10H2,1-2H3. The number of hydrogen-bond acceptors (Lipinski definition) is 0. The molecule has 1 aromatic carbocycles. The smallest absolute Gasteiger partial charge is 0.00182 e. The average Bonchev–Trinajstić information content (AvgIpc) is 2.21. The summed E-state index contributed by atoms with van der Waals surface area (Å²) in [6.45, 7) is 4.43. The molecule has 0 N–H and O–H groups in total. The van der Waals surface area contributed by atoms with Crippen molar-refractivity contribution in [1.82, 2.24) is 0 Å². The molecule has 0 fully saturated rings. The van der Waals surface area contributed by atoms with E-state index in [1.165, 1.54) is 24.0 Å². The zero-order valence-electron chi connectivity index (χ0n) is 9.03. The van der Waals surface area contributed by atoms with Crippen molar-refractivity contribution in [3.63, 3.8) is 0 Å². The number of aryl methyl sites for hydroxylation is 1. The van der Waals surface area contributed by atoms with Gasteiger partial charge in [0.1, 0.15) is 0 Å². The molecule has 0 bridgehead atoms. The van der Waals surface area contributed by atoms with Crippen molar-refractivity contribution >= 4 is 0 Å². The van der Waals surface area contributed by atoms with E-state index >= 15 is 0 Å². The Bertz CT molecular complexity index is 318. The highest BCUT2D eigenvalue weighted by Gasteiger charge is 2.13. The first-order valence-corrected chi connectivity index (χ1v) is 5.50. The lowest BCUT2D eigenvalue weighted by Crippen LogP contribution is -2.04. The Morgan fingerprint density at radius 3 is 2.29 bits per heavy atom. The van der Waals surface area contributed by atoms with Gasteiger partial charge in [0, 0.05) is 5.92 Å². The minimum absolute atomic E-state index is 0.659. The summed E-state index contributed by atoms with van der Waals surface area (Å²) in [5.41, 5.74) is 2.82. The first kappa shape index (κ1) is 9.51. The van der Waals surface area contributed by atoms with Gasteiger partial charge >= 0.3 is 0 Å². The molecule has 2 atom stereocenters. The second-order valence-corrected chi connectivity index (χ2v) is 4.46. The van der Waals surface area contributed by atoms with Crippen LogP contribution in [0.4, 0.5) is 0 Å². The molecular weight excluding hydrogens is 168 g/mol. The van der Waals surface area contributed by atoms with Crippen molar-refractivity contribution in [2.75, 3.05) is 0 Å². The molecule has 1 aliphatic carbocycles. The van der Waals surface area contributed by atoms with Crippen molar-refractivity contribution in [2.24, 2.45) is 5.92 Å². The Balaban J connectivity index is 2.16. The van der Waals surface area contributed by atoms with Gasteiger partial charge in [0.05, 0.1) is 0 Å². The monoisotopic (exact) mass is 186 g/mol. The molecular formula is C14H18. The summed E-state index contributed by atoms with van der Waals surface area (Å²) in [4.78, 5) is 0. The van der Waals surface area contributed by atoms with Crippen LogP contribution in [0.25, 0.3) is 0 Å². The lowest BCUT2D eigenvalue weighted by molar-refractivity contribution is 0.545. The lowest BCUT2D eigenvalue weighted by atomic mass is 9.85. The van der Waals surface area contributed by atoms with Gasteiger partial charge in [-0.1, -0.05) is 48.9 Å². The summed E-state index contributed by atoms with van der Waals surface area (Å²) >= 11 is 0. The first-order chi connectivity index (χ1) is 6.75. The molecule has 1 aliphatic rings. The van der Waals surface area contributed by atoms with Gasteiger partial charge in [0.25, 0.3) is 0 Å². The van der Waals surface area contributed by atoms with Crippen LogP contribution in [0.1, 0.15) is 36.8 Å². The van der Waals surface area contributed by atoms with Gasteiger partial charge in [-0.05, 0) is 31.2 Å². The zero-order valence-corrected chi connectivity index (χ0v) is 9.03. The number of allylic oxidation sites excluding steroid dienone is 2. The predicted octanol–water partition coefficient (Wildman–Crippen LogP) is 4.06. The molecule has 74 valence electrons. The summed E-state index contributed by atoms with van der Waals surface area (Å²) in [7, 11) is 0. The molecule has 2 rings (SSSR count). The number of benzene rings is 1. The number of hydrogen-bond donors (Lipinski definition) is 0.